The molecule has 0 bridgehead atoms. The highest BCUT2D eigenvalue weighted by molar-refractivity contribution is 5.84. The van der Waals surface area contributed by atoms with Crippen LogP contribution in [0.2, 0.25) is 0 Å². The van der Waals surface area contributed by atoms with Crippen molar-refractivity contribution in [3.8, 4) is 0 Å². The summed E-state index contributed by atoms with van der Waals surface area (Å²) in [4.78, 5) is 6.18. The highest BCUT2D eigenvalue weighted by Crippen LogP contribution is 2.37. The predicted molar refractivity (Wildman–Crippen MR) is 77.7 cm³/mol. The number of alkyl halides is 3. The van der Waals surface area contributed by atoms with E-state index < -0.39 is 11.7 Å². The minimum Gasteiger partial charge on any atom is -0.356 e. The first-order chi connectivity index (χ1) is 10.3. The first-order valence-corrected chi connectivity index (χ1v) is 7.19. The zero-order valence-corrected chi connectivity index (χ0v) is 12.5. The highest BCUT2D eigenvalue weighted by atomic mass is 19.4. The van der Waals surface area contributed by atoms with E-state index in [1.54, 1.807) is 14.0 Å². The lowest BCUT2D eigenvalue weighted by atomic mass is 10.1. The number of fused-ring (bicyclic) bond motifs is 1. The van der Waals surface area contributed by atoms with Gasteiger partial charge in [-0.2, -0.15) is 18.3 Å². The second-order valence-corrected chi connectivity index (χ2v) is 5.76. The van der Waals surface area contributed by atoms with E-state index in [-0.39, 0.29) is 17.1 Å². The van der Waals surface area contributed by atoms with Gasteiger partial charge in [-0.15, -0.1) is 0 Å². The summed E-state index contributed by atoms with van der Waals surface area (Å²) in [7, 11) is 1.62. The van der Waals surface area contributed by atoms with Crippen LogP contribution in [-0.2, 0) is 13.2 Å². The Kier molecular flexibility index (Phi) is 3.51. The zero-order chi connectivity index (χ0) is 16.1. The molecule has 0 aliphatic carbocycles. The monoisotopic (exact) mass is 313 g/mol. The third kappa shape index (κ3) is 2.51. The number of aryl methyl sites for hydroxylation is 2. The smallest absolute Gasteiger partial charge is 0.356 e. The molecule has 8 heteroatoms. The third-order valence-corrected chi connectivity index (χ3v) is 4.25. The van der Waals surface area contributed by atoms with Crippen molar-refractivity contribution in [3.63, 3.8) is 0 Å². The molecule has 0 radical (unpaired) electrons. The number of piperidine rings is 1. The summed E-state index contributed by atoms with van der Waals surface area (Å²) < 4.78 is 41.7. The molecule has 2 aromatic rings. The third-order valence-electron chi connectivity index (χ3n) is 4.25. The van der Waals surface area contributed by atoms with Gasteiger partial charge in [0.2, 0.25) is 0 Å². The minimum absolute atomic E-state index is 0.0764. The Balaban J connectivity index is 2.13. The largest absolute Gasteiger partial charge is 0.417 e. The Hall–Kier alpha value is -1.83. The SMILES string of the molecule is Cc1c2c(C(F)(F)F)cc(N3CCC(N)CC3)nc2nn1C. The molecule has 0 saturated carbocycles. The Labute approximate surface area is 125 Å². The molecule has 5 nitrogen and oxygen atoms in total. The number of nitrogens with zero attached hydrogens (tertiary/aromatic N) is 4. The van der Waals surface area contributed by atoms with Crippen molar-refractivity contribution in [2.75, 3.05) is 18.0 Å². The van der Waals surface area contributed by atoms with Gasteiger partial charge in [-0.25, -0.2) is 4.98 Å². The molecule has 120 valence electrons. The average Bonchev–Trinajstić information content (AvgIpc) is 2.73. The normalized spacial score (nSPS) is 17.5. The van der Waals surface area contributed by atoms with Crippen molar-refractivity contribution in [2.24, 2.45) is 12.8 Å². The van der Waals surface area contributed by atoms with Crippen LogP contribution in [0, 0.1) is 6.92 Å². The first kappa shape index (κ1) is 15.1. The molecule has 3 rings (SSSR count). The van der Waals surface area contributed by atoms with Gasteiger partial charge >= 0.3 is 6.18 Å². The molecule has 1 saturated heterocycles. The number of anilines is 1. The number of hydrogen-bond donors (Lipinski definition) is 1. The molecule has 22 heavy (non-hydrogen) atoms. The highest BCUT2D eigenvalue weighted by Gasteiger charge is 2.36. The predicted octanol–water partition coefficient (Wildman–Crippen LogP) is 2.22. The Morgan fingerprint density at radius 1 is 1.27 bits per heavy atom. The van der Waals surface area contributed by atoms with Gasteiger partial charge in [0.15, 0.2) is 5.65 Å². The van der Waals surface area contributed by atoms with Crippen LogP contribution < -0.4 is 10.6 Å². The van der Waals surface area contributed by atoms with Crippen LogP contribution in [0.25, 0.3) is 11.0 Å². The van der Waals surface area contributed by atoms with Crippen LogP contribution in [0.15, 0.2) is 6.07 Å². The van der Waals surface area contributed by atoms with Gasteiger partial charge in [0, 0.05) is 31.9 Å². The van der Waals surface area contributed by atoms with Crippen molar-refractivity contribution in [1.29, 1.82) is 0 Å². The standard InChI is InChI=1S/C14H18F3N5/c1-8-12-10(14(15,16)17)7-11(19-13(12)20-21(8)2)22-5-3-9(18)4-6-22/h7,9H,3-6,18H2,1-2H3. The van der Waals surface area contributed by atoms with Crippen LogP contribution in [0.3, 0.4) is 0 Å². The summed E-state index contributed by atoms with van der Waals surface area (Å²) in [6.07, 6.45) is -2.93. The number of aromatic nitrogens is 3. The van der Waals surface area contributed by atoms with E-state index in [4.69, 9.17) is 5.73 Å². The summed E-state index contributed by atoms with van der Waals surface area (Å²) >= 11 is 0. The lowest BCUT2D eigenvalue weighted by Crippen LogP contribution is -2.40. The van der Waals surface area contributed by atoms with Crippen LogP contribution in [0.5, 0.6) is 0 Å². The van der Waals surface area contributed by atoms with Crippen LogP contribution >= 0.6 is 0 Å². The fourth-order valence-corrected chi connectivity index (χ4v) is 2.84. The number of hydrogen-bond acceptors (Lipinski definition) is 4. The van der Waals surface area contributed by atoms with Crippen molar-refractivity contribution in [2.45, 2.75) is 32.0 Å². The maximum Gasteiger partial charge on any atom is 0.417 e. The molecule has 3 heterocycles. The quantitative estimate of drug-likeness (QED) is 0.877. The molecular weight excluding hydrogens is 295 g/mol. The van der Waals surface area contributed by atoms with Crippen LogP contribution in [-0.4, -0.2) is 33.9 Å². The molecule has 2 aromatic heterocycles. The topological polar surface area (TPSA) is 60.0 Å². The second kappa shape index (κ2) is 5.12. The molecular formula is C14H18F3N5. The molecule has 0 atom stereocenters. The van der Waals surface area contributed by atoms with Gasteiger partial charge in [-0.05, 0) is 25.8 Å². The van der Waals surface area contributed by atoms with Crippen LogP contribution in [0.1, 0.15) is 24.1 Å². The van der Waals surface area contributed by atoms with Crippen molar-refractivity contribution < 1.29 is 13.2 Å². The Morgan fingerprint density at radius 2 is 1.91 bits per heavy atom. The maximum atomic E-state index is 13.4. The van der Waals surface area contributed by atoms with E-state index in [1.807, 2.05) is 4.90 Å². The number of rotatable bonds is 1. The fourth-order valence-electron chi connectivity index (χ4n) is 2.84. The van der Waals surface area contributed by atoms with Gasteiger partial charge < -0.3 is 10.6 Å². The van der Waals surface area contributed by atoms with E-state index in [2.05, 4.69) is 10.1 Å². The summed E-state index contributed by atoms with van der Waals surface area (Å²) in [6, 6.07) is 1.24. The molecule has 1 fully saturated rings. The van der Waals surface area contributed by atoms with E-state index in [0.717, 1.165) is 18.9 Å². The first-order valence-electron chi connectivity index (χ1n) is 7.19. The van der Waals surface area contributed by atoms with Crippen molar-refractivity contribution in [1.82, 2.24) is 14.8 Å². The van der Waals surface area contributed by atoms with Gasteiger partial charge in [-0.1, -0.05) is 0 Å². The number of pyridine rings is 1. The van der Waals surface area contributed by atoms with Gasteiger partial charge in [-0.3, -0.25) is 4.68 Å². The summed E-state index contributed by atoms with van der Waals surface area (Å²) in [5, 5.41) is 4.19. The Morgan fingerprint density at radius 3 is 2.50 bits per heavy atom. The van der Waals surface area contributed by atoms with E-state index in [0.29, 0.717) is 24.6 Å². The summed E-state index contributed by atoms with van der Waals surface area (Å²) in [5.74, 6) is 0.324. The number of halogens is 3. The van der Waals surface area contributed by atoms with Gasteiger partial charge in [0.25, 0.3) is 0 Å². The average molecular weight is 313 g/mol. The molecule has 2 N–H and O–H groups in total. The van der Waals surface area contributed by atoms with E-state index in [1.165, 1.54) is 4.68 Å². The van der Waals surface area contributed by atoms with Crippen LogP contribution in [0.4, 0.5) is 19.0 Å². The number of nitrogens with two attached hydrogens (primary N) is 1. The minimum atomic E-state index is -4.43. The van der Waals surface area contributed by atoms with E-state index >= 15 is 0 Å². The maximum absolute atomic E-state index is 13.4. The van der Waals surface area contributed by atoms with Gasteiger partial charge in [0.05, 0.1) is 10.9 Å². The second-order valence-electron chi connectivity index (χ2n) is 5.76. The van der Waals surface area contributed by atoms with Gasteiger partial charge in [0.1, 0.15) is 5.82 Å². The Bertz CT molecular complexity index is 699. The molecule has 0 amide bonds. The van der Waals surface area contributed by atoms with Crippen molar-refractivity contribution >= 4 is 16.9 Å². The summed E-state index contributed by atoms with van der Waals surface area (Å²) in [6.45, 7) is 2.84. The lowest BCUT2D eigenvalue weighted by Gasteiger charge is -2.31. The lowest BCUT2D eigenvalue weighted by molar-refractivity contribution is -0.136. The molecule has 0 unspecified atom stereocenters. The van der Waals surface area contributed by atoms with Crippen molar-refractivity contribution in [3.05, 3.63) is 17.3 Å². The molecule has 0 aromatic carbocycles. The molecule has 1 aliphatic heterocycles. The fraction of sp³-hybridized carbons (Fsp3) is 0.571. The zero-order valence-electron chi connectivity index (χ0n) is 12.5. The molecule has 0 spiro atoms. The van der Waals surface area contributed by atoms with E-state index in [9.17, 15) is 13.2 Å². The summed E-state index contributed by atoms with van der Waals surface area (Å²) in [5.41, 5.74) is 5.77. The molecule has 1 aliphatic rings.